The van der Waals surface area contributed by atoms with Crippen molar-refractivity contribution in [3.8, 4) is 5.75 Å². The second-order valence-corrected chi connectivity index (χ2v) is 6.63. The van der Waals surface area contributed by atoms with Gasteiger partial charge >= 0.3 is 5.56 Å². The lowest BCUT2D eigenvalue weighted by molar-refractivity contribution is 0.0715. The summed E-state index contributed by atoms with van der Waals surface area (Å²) in [5.74, 6) is -4.08. The van der Waals surface area contributed by atoms with Crippen molar-refractivity contribution in [1.29, 1.82) is 0 Å². The van der Waals surface area contributed by atoms with Crippen molar-refractivity contribution in [2.45, 2.75) is 25.4 Å². The number of aromatic hydroxyl groups is 1. The molecule has 2 aliphatic rings. The number of fused-ring (bicyclic) bond motifs is 1. The summed E-state index contributed by atoms with van der Waals surface area (Å²) in [5, 5.41) is 12.5. The summed E-state index contributed by atoms with van der Waals surface area (Å²) in [6.45, 7) is 0.713. The summed E-state index contributed by atoms with van der Waals surface area (Å²) in [4.78, 5) is 42.2. The van der Waals surface area contributed by atoms with E-state index in [0.29, 0.717) is 12.8 Å². The third-order valence-electron chi connectivity index (χ3n) is 5.01. The van der Waals surface area contributed by atoms with Crippen LogP contribution in [0.25, 0.3) is 0 Å². The Morgan fingerprint density at radius 2 is 1.93 bits per heavy atom. The third kappa shape index (κ3) is 2.72. The van der Waals surface area contributed by atoms with Crippen LogP contribution in [0.2, 0.25) is 0 Å². The standard InChI is InChI=1S/C18H16F2N4O4/c19-9-3-1-4-10(20)12(9)18(28)23-7-2-5-11(23)15-22-17(27)14(25)13-16(26)21-6-8-24(13)15/h1,3-4,11,25H,2,5-8H2,(H,21,26)/t11-/m0/s1. The average Bonchev–Trinajstić information content (AvgIpc) is 3.14. The zero-order valence-electron chi connectivity index (χ0n) is 14.6. The fraction of sp³-hybridized carbons (Fsp3) is 0.333. The molecule has 2 amide bonds. The number of benzene rings is 1. The second-order valence-electron chi connectivity index (χ2n) is 6.63. The van der Waals surface area contributed by atoms with E-state index < -0.39 is 46.4 Å². The molecule has 2 aliphatic heterocycles. The second kappa shape index (κ2) is 6.70. The maximum Gasteiger partial charge on any atom is 0.315 e. The Balaban J connectivity index is 1.81. The number of amides is 2. The van der Waals surface area contributed by atoms with Crippen molar-refractivity contribution in [2.24, 2.45) is 0 Å². The lowest BCUT2D eigenvalue weighted by Crippen LogP contribution is -2.42. The van der Waals surface area contributed by atoms with Crippen LogP contribution in [0.5, 0.6) is 5.75 Å². The SMILES string of the molecule is O=C1NCCn2c([C@@H]3CCCN3C(=O)c3c(F)cccc3F)nc(=O)c(O)c21. The predicted octanol–water partition coefficient (Wildman–Crippen LogP) is 0.948. The Morgan fingerprint density at radius 3 is 2.64 bits per heavy atom. The highest BCUT2D eigenvalue weighted by Gasteiger charge is 2.38. The van der Waals surface area contributed by atoms with Gasteiger partial charge in [-0.05, 0) is 25.0 Å². The monoisotopic (exact) mass is 390 g/mol. The van der Waals surface area contributed by atoms with Gasteiger partial charge in [-0.2, -0.15) is 4.98 Å². The van der Waals surface area contributed by atoms with Crippen LogP contribution in [0.1, 0.15) is 45.6 Å². The summed E-state index contributed by atoms with van der Waals surface area (Å²) in [6.07, 6.45) is 0.935. The van der Waals surface area contributed by atoms with Crippen LogP contribution >= 0.6 is 0 Å². The molecular formula is C18H16F2N4O4. The minimum Gasteiger partial charge on any atom is -0.501 e. The highest BCUT2D eigenvalue weighted by atomic mass is 19.1. The molecule has 146 valence electrons. The molecule has 28 heavy (non-hydrogen) atoms. The largest absolute Gasteiger partial charge is 0.501 e. The first-order valence-electron chi connectivity index (χ1n) is 8.77. The van der Waals surface area contributed by atoms with Gasteiger partial charge in [0.2, 0.25) is 5.75 Å². The van der Waals surface area contributed by atoms with Crippen molar-refractivity contribution in [3.63, 3.8) is 0 Å². The normalized spacial score (nSPS) is 18.7. The Hall–Kier alpha value is -3.30. The van der Waals surface area contributed by atoms with E-state index in [2.05, 4.69) is 10.3 Å². The molecule has 10 heteroatoms. The smallest absolute Gasteiger partial charge is 0.315 e. The summed E-state index contributed by atoms with van der Waals surface area (Å²) in [6, 6.07) is 2.41. The van der Waals surface area contributed by atoms with Crippen LogP contribution in [-0.4, -0.2) is 44.5 Å². The molecule has 0 spiro atoms. The van der Waals surface area contributed by atoms with Gasteiger partial charge in [0.15, 0.2) is 5.69 Å². The average molecular weight is 390 g/mol. The van der Waals surface area contributed by atoms with Gasteiger partial charge in [0.05, 0.1) is 6.04 Å². The number of likely N-dealkylation sites (tertiary alicyclic amines) is 1. The van der Waals surface area contributed by atoms with Gasteiger partial charge in [-0.25, -0.2) is 8.78 Å². The highest BCUT2D eigenvalue weighted by Crippen LogP contribution is 2.34. The first-order chi connectivity index (χ1) is 13.4. The third-order valence-corrected chi connectivity index (χ3v) is 5.01. The first-order valence-corrected chi connectivity index (χ1v) is 8.77. The molecule has 2 N–H and O–H groups in total. The van der Waals surface area contributed by atoms with E-state index in [-0.39, 0.29) is 31.2 Å². The van der Waals surface area contributed by atoms with Crippen LogP contribution < -0.4 is 10.9 Å². The van der Waals surface area contributed by atoms with Gasteiger partial charge in [-0.15, -0.1) is 0 Å². The van der Waals surface area contributed by atoms with Crippen molar-refractivity contribution in [3.05, 3.63) is 57.3 Å². The minimum absolute atomic E-state index is 0.121. The van der Waals surface area contributed by atoms with Crippen LogP contribution in [0.15, 0.2) is 23.0 Å². The molecule has 1 aromatic carbocycles. The number of aromatic nitrogens is 2. The van der Waals surface area contributed by atoms with Crippen LogP contribution in [-0.2, 0) is 6.54 Å². The molecule has 1 atom stereocenters. The van der Waals surface area contributed by atoms with Crippen molar-refractivity contribution < 1.29 is 23.5 Å². The van der Waals surface area contributed by atoms with E-state index >= 15 is 0 Å². The van der Waals surface area contributed by atoms with Crippen LogP contribution in [0.3, 0.4) is 0 Å². The predicted molar refractivity (Wildman–Crippen MR) is 91.9 cm³/mol. The topological polar surface area (TPSA) is 105 Å². The van der Waals surface area contributed by atoms with Gasteiger partial charge in [-0.1, -0.05) is 6.07 Å². The number of carbonyl (C=O) groups is 2. The molecule has 1 fully saturated rings. The van der Waals surface area contributed by atoms with Gasteiger partial charge < -0.3 is 19.9 Å². The Labute approximate surface area is 157 Å². The van der Waals surface area contributed by atoms with E-state index in [1.165, 1.54) is 15.5 Å². The zero-order chi connectivity index (χ0) is 20.0. The zero-order valence-corrected chi connectivity index (χ0v) is 14.6. The van der Waals surface area contributed by atoms with E-state index in [1.54, 1.807) is 0 Å². The quantitative estimate of drug-likeness (QED) is 0.795. The number of hydrogen-bond donors (Lipinski definition) is 2. The molecular weight excluding hydrogens is 374 g/mol. The summed E-state index contributed by atoms with van der Waals surface area (Å²) in [7, 11) is 0. The molecule has 1 aromatic heterocycles. The van der Waals surface area contributed by atoms with E-state index in [0.717, 1.165) is 12.1 Å². The summed E-state index contributed by atoms with van der Waals surface area (Å²) >= 11 is 0. The molecule has 0 bridgehead atoms. The molecule has 0 aliphatic carbocycles. The van der Waals surface area contributed by atoms with Crippen molar-refractivity contribution in [1.82, 2.24) is 19.8 Å². The van der Waals surface area contributed by atoms with Crippen LogP contribution in [0, 0.1) is 11.6 Å². The number of hydrogen-bond acceptors (Lipinski definition) is 5. The summed E-state index contributed by atoms with van der Waals surface area (Å²) in [5.41, 5.74) is -1.89. The minimum atomic E-state index is -0.991. The highest BCUT2D eigenvalue weighted by molar-refractivity contribution is 5.96. The number of nitrogens with zero attached hydrogens (tertiary/aromatic N) is 3. The Bertz CT molecular complexity index is 1030. The van der Waals surface area contributed by atoms with E-state index in [9.17, 15) is 28.3 Å². The molecule has 8 nitrogen and oxygen atoms in total. The number of nitrogens with one attached hydrogen (secondary N) is 1. The van der Waals surface area contributed by atoms with Crippen molar-refractivity contribution >= 4 is 11.8 Å². The van der Waals surface area contributed by atoms with Crippen molar-refractivity contribution in [2.75, 3.05) is 13.1 Å². The Kier molecular flexibility index (Phi) is 4.33. The molecule has 3 heterocycles. The first kappa shape index (κ1) is 18.1. The molecule has 4 rings (SSSR count). The summed E-state index contributed by atoms with van der Waals surface area (Å²) < 4.78 is 29.6. The molecule has 0 radical (unpaired) electrons. The maximum atomic E-state index is 14.1. The molecule has 1 saturated heterocycles. The molecule has 0 saturated carbocycles. The number of halogens is 2. The number of rotatable bonds is 2. The fourth-order valence-electron chi connectivity index (χ4n) is 3.76. The molecule has 2 aromatic rings. The lowest BCUT2D eigenvalue weighted by atomic mass is 10.1. The van der Waals surface area contributed by atoms with Crippen LogP contribution in [0.4, 0.5) is 8.78 Å². The number of carbonyl (C=O) groups excluding carboxylic acids is 2. The fourth-order valence-corrected chi connectivity index (χ4v) is 3.76. The van der Waals surface area contributed by atoms with E-state index in [4.69, 9.17) is 0 Å². The van der Waals surface area contributed by atoms with Gasteiger partial charge in [0.1, 0.15) is 23.0 Å². The van der Waals surface area contributed by atoms with Gasteiger partial charge in [0, 0.05) is 19.6 Å². The maximum absolute atomic E-state index is 14.1. The Morgan fingerprint density at radius 1 is 1.21 bits per heavy atom. The van der Waals surface area contributed by atoms with E-state index in [1.807, 2.05) is 0 Å². The van der Waals surface area contributed by atoms with Gasteiger partial charge in [0.25, 0.3) is 11.8 Å². The molecule has 0 unspecified atom stereocenters. The lowest BCUT2D eigenvalue weighted by Gasteiger charge is -2.29. The van der Waals surface area contributed by atoms with Gasteiger partial charge in [-0.3, -0.25) is 14.4 Å².